The monoisotopic (exact) mass is 415 g/mol. The fraction of sp³-hybridized carbons (Fsp3) is 0.611. The smallest absolute Gasteiger partial charge is 0.243 e. The lowest BCUT2D eigenvalue weighted by atomic mass is 9.98. The number of sulfonamides is 1. The van der Waals surface area contributed by atoms with Crippen LogP contribution in [0.1, 0.15) is 12.8 Å². The first-order valence-electron chi connectivity index (χ1n) is 9.14. The predicted molar refractivity (Wildman–Crippen MR) is 104 cm³/mol. The topological polar surface area (TPSA) is 70.2 Å². The molecule has 0 bridgehead atoms. The highest BCUT2D eigenvalue weighted by atomic mass is 35.5. The molecule has 3 rings (SSSR count). The number of carbonyl (C=O) groups excluding carboxylic acids is 1. The quantitative estimate of drug-likeness (QED) is 0.745. The van der Waals surface area contributed by atoms with Crippen LogP contribution in [0.25, 0.3) is 0 Å². The number of ether oxygens (including phenoxy) is 1. The number of hydrogen-bond acceptors (Lipinski definition) is 5. The summed E-state index contributed by atoms with van der Waals surface area (Å²) in [5.41, 5.74) is 0. The largest absolute Gasteiger partial charge is 0.495 e. The third kappa shape index (κ3) is 4.39. The highest BCUT2D eigenvalue weighted by Crippen LogP contribution is 2.30. The van der Waals surface area contributed by atoms with E-state index in [9.17, 15) is 13.2 Å². The molecule has 2 fully saturated rings. The van der Waals surface area contributed by atoms with E-state index in [2.05, 4.69) is 4.90 Å². The maximum Gasteiger partial charge on any atom is 0.243 e. The predicted octanol–water partition coefficient (Wildman–Crippen LogP) is 1.52. The summed E-state index contributed by atoms with van der Waals surface area (Å²) in [6.07, 6.45) is 1.40. The molecule has 9 heteroatoms. The van der Waals surface area contributed by atoms with E-state index < -0.39 is 10.0 Å². The van der Waals surface area contributed by atoms with Gasteiger partial charge in [0.25, 0.3) is 0 Å². The number of hydrogen-bond donors (Lipinski definition) is 0. The number of halogens is 1. The van der Waals surface area contributed by atoms with Crippen LogP contribution in [0.4, 0.5) is 0 Å². The molecule has 1 aromatic rings. The summed E-state index contributed by atoms with van der Waals surface area (Å²) in [6.45, 7) is 3.74. The number of piperidine rings is 1. The Balaban J connectivity index is 1.73. The van der Waals surface area contributed by atoms with Crippen molar-refractivity contribution in [2.75, 3.05) is 53.4 Å². The molecule has 2 aliphatic heterocycles. The van der Waals surface area contributed by atoms with Gasteiger partial charge in [0.1, 0.15) is 5.75 Å². The molecule has 0 aliphatic carbocycles. The lowest BCUT2D eigenvalue weighted by Gasteiger charge is -2.37. The van der Waals surface area contributed by atoms with Crippen molar-refractivity contribution >= 4 is 27.5 Å². The number of likely N-dealkylation sites (N-methyl/N-ethyl adjacent to an activating group) is 1. The molecule has 2 aliphatic rings. The number of methoxy groups -OCH3 is 1. The molecule has 2 saturated heterocycles. The van der Waals surface area contributed by atoms with Crippen LogP contribution < -0.4 is 4.74 Å². The standard InChI is InChI=1S/C18H26ClN3O4S/c1-20-8-10-21(11-9-20)18(23)14-4-3-7-22(13-14)27(24,25)15-5-6-17(26-2)16(19)12-15/h5-6,12,14H,3-4,7-11,13H2,1-2H3/t14-/m0/s1. The Morgan fingerprint density at radius 3 is 2.52 bits per heavy atom. The van der Waals surface area contributed by atoms with E-state index in [1.165, 1.54) is 23.5 Å². The first kappa shape index (κ1) is 20.4. The summed E-state index contributed by atoms with van der Waals surface area (Å²) in [5, 5.41) is 0.251. The molecule has 1 amide bonds. The summed E-state index contributed by atoms with van der Waals surface area (Å²) < 4.78 is 32.5. The first-order chi connectivity index (χ1) is 12.8. The van der Waals surface area contributed by atoms with Crippen LogP contribution in [0, 0.1) is 5.92 Å². The second-order valence-electron chi connectivity index (χ2n) is 7.13. The normalized spacial score (nSPS) is 22.6. The molecule has 0 N–H and O–H groups in total. The Kier molecular flexibility index (Phi) is 6.30. The fourth-order valence-corrected chi connectivity index (χ4v) is 5.48. The second kappa shape index (κ2) is 8.34. The van der Waals surface area contributed by atoms with Crippen molar-refractivity contribution in [3.8, 4) is 5.75 Å². The average molecular weight is 416 g/mol. The zero-order valence-corrected chi connectivity index (χ0v) is 17.3. The van der Waals surface area contributed by atoms with Crippen LogP contribution in [0.3, 0.4) is 0 Å². The van der Waals surface area contributed by atoms with Crippen LogP contribution in [-0.2, 0) is 14.8 Å². The molecular weight excluding hydrogens is 390 g/mol. The second-order valence-corrected chi connectivity index (χ2v) is 9.47. The van der Waals surface area contributed by atoms with Gasteiger partial charge in [-0.25, -0.2) is 8.42 Å². The van der Waals surface area contributed by atoms with Crippen LogP contribution in [0.5, 0.6) is 5.75 Å². The van der Waals surface area contributed by atoms with Crippen molar-refractivity contribution in [1.29, 1.82) is 0 Å². The molecule has 150 valence electrons. The Morgan fingerprint density at radius 2 is 1.89 bits per heavy atom. The molecule has 2 heterocycles. The van der Waals surface area contributed by atoms with Crippen LogP contribution in [0.2, 0.25) is 5.02 Å². The van der Waals surface area contributed by atoms with E-state index in [1.54, 1.807) is 6.07 Å². The maximum atomic E-state index is 13.0. The number of nitrogens with zero attached hydrogens (tertiary/aromatic N) is 3. The number of piperazine rings is 1. The van der Waals surface area contributed by atoms with E-state index in [4.69, 9.17) is 16.3 Å². The molecule has 1 atom stereocenters. The third-order valence-corrected chi connectivity index (χ3v) is 7.47. The van der Waals surface area contributed by atoms with Crippen LogP contribution >= 0.6 is 11.6 Å². The minimum atomic E-state index is -3.70. The van der Waals surface area contributed by atoms with Gasteiger partial charge in [0, 0.05) is 39.3 Å². The van der Waals surface area contributed by atoms with Gasteiger partial charge in [-0.2, -0.15) is 4.31 Å². The molecule has 1 aromatic carbocycles. The van der Waals surface area contributed by atoms with Gasteiger partial charge in [0.05, 0.1) is 22.9 Å². The maximum absolute atomic E-state index is 13.0. The van der Waals surface area contributed by atoms with Gasteiger partial charge < -0.3 is 14.5 Å². The van der Waals surface area contributed by atoms with Crippen molar-refractivity contribution in [3.05, 3.63) is 23.2 Å². The Hall–Kier alpha value is -1.35. The molecule has 27 heavy (non-hydrogen) atoms. The minimum absolute atomic E-state index is 0.0655. The number of rotatable bonds is 4. The van der Waals surface area contributed by atoms with Gasteiger partial charge in [-0.05, 0) is 38.1 Å². The average Bonchev–Trinajstić information content (AvgIpc) is 2.68. The number of carbonyl (C=O) groups is 1. The van der Waals surface area contributed by atoms with Crippen molar-refractivity contribution < 1.29 is 17.9 Å². The molecule has 0 aromatic heterocycles. The van der Waals surface area contributed by atoms with E-state index in [1.807, 2.05) is 11.9 Å². The SMILES string of the molecule is COc1ccc(S(=O)(=O)N2CCC[C@H](C(=O)N3CCN(C)CC3)C2)cc1Cl. The van der Waals surface area contributed by atoms with Crippen molar-refractivity contribution in [2.24, 2.45) is 5.92 Å². The summed E-state index contributed by atoms with van der Waals surface area (Å²) in [5.74, 6) is 0.207. The van der Waals surface area contributed by atoms with Crippen molar-refractivity contribution in [2.45, 2.75) is 17.7 Å². The Bertz CT molecular complexity index is 794. The minimum Gasteiger partial charge on any atom is -0.495 e. The first-order valence-corrected chi connectivity index (χ1v) is 11.0. The Morgan fingerprint density at radius 1 is 1.19 bits per heavy atom. The van der Waals surface area contributed by atoms with Gasteiger partial charge in [-0.3, -0.25) is 4.79 Å². The molecule has 0 unspecified atom stereocenters. The number of amides is 1. The van der Waals surface area contributed by atoms with E-state index in [0.717, 1.165) is 19.5 Å². The fourth-order valence-electron chi connectivity index (χ4n) is 3.60. The summed E-state index contributed by atoms with van der Waals surface area (Å²) in [7, 11) is -0.182. The summed E-state index contributed by atoms with van der Waals surface area (Å²) >= 11 is 6.09. The summed E-state index contributed by atoms with van der Waals surface area (Å²) in [6, 6.07) is 4.44. The van der Waals surface area contributed by atoms with Crippen molar-refractivity contribution in [1.82, 2.24) is 14.1 Å². The molecule has 0 spiro atoms. The highest BCUT2D eigenvalue weighted by molar-refractivity contribution is 7.89. The van der Waals surface area contributed by atoms with Gasteiger partial charge in [0.15, 0.2) is 0 Å². The molecular formula is C18H26ClN3O4S. The van der Waals surface area contributed by atoms with Gasteiger partial charge in [-0.15, -0.1) is 0 Å². The summed E-state index contributed by atoms with van der Waals surface area (Å²) in [4.78, 5) is 17.0. The number of benzene rings is 1. The van der Waals surface area contributed by atoms with Gasteiger partial charge >= 0.3 is 0 Å². The van der Waals surface area contributed by atoms with Gasteiger partial charge in [-0.1, -0.05) is 11.6 Å². The van der Waals surface area contributed by atoms with Crippen molar-refractivity contribution in [3.63, 3.8) is 0 Å². The van der Waals surface area contributed by atoms with E-state index >= 15 is 0 Å². The third-order valence-electron chi connectivity index (χ3n) is 5.31. The lowest BCUT2D eigenvalue weighted by Crippen LogP contribution is -2.52. The van der Waals surface area contributed by atoms with Crippen LogP contribution in [0.15, 0.2) is 23.1 Å². The molecule has 7 nitrogen and oxygen atoms in total. The highest BCUT2D eigenvalue weighted by Gasteiger charge is 2.35. The van der Waals surface area contributed by atoms with Crippen LogP contribution in [-0.4, -0.2) is 81.9 Å². The molecule has 0 radical (unpaired) electrons. The van der Waals surface area contributed by atoms with E-state index in [0.29, 0.717) is 31.8 Å². The van der Waals surface area contributed by atoms with E-state index in [-0.39, 0.29) is 28.3 Å². The lowest BCUT2D eigenvalue weighted by molar-refractivity contribution is -0.138. The van der Waals surface area contributed by atoms with Gasteiger partial charge in [0.2, 0.25) is 15.9 Å². The Labute approximate surface area is 165 Å². The zero-order chi connectivity index (χ0) is 19.6. The zero-order valence-electron chi connectivity index (χ0n) is 15.7. The molecule has 0 saturated carbocycles.